The molecule has 0 aliphatic rings. The molecule has 0 fully saturated rings. The van der Waals surface area contributed by atoms with Crippen molar-refractivity contribution in [3.8, 4) is 6.07 Å². The molecule has 1 heterocycles. The summed E-state index contributed by atoms with van der Waals surface area (Å²) in [5, 5.41) is 17.4. The third kappa shape index (κ3) is 1.49. The molecule has 12 heavy (non-hydrogen) atoms. The van der Waals surface area contributed by atoms with E-state index in [1.807, 2.05) is 26.0 Å². The average Bonchev–Trinajstić information content (AvgIpc) is 2.34. The van der Waals surface area contributed by atoms with Gasteiger partial charge in [0.1, 0.15) is 6.07 Å². The predicted molar refractivity (Wildman–Crippen MR) is 50.0 cm³/mol. The number of rotatable bonds is 1. The summed E-state index contributed by atoms with van der Waals surface area (Å²) in [5.41, 5.74) is 1.17. The van der Waals surface area contributed by atoms with E-state index in [9.17, 15) is 0 Å². The highest BCUT2D eigenvalue weighted by Gasteiger charge is 2.07. The van der Waals surface area contributed by atoms with E-state index in [1.165, 1.54) is 0 Å². The molecule has 0 bridgehead atoms. The van der Waals surface area contributed by atoms with E-state index < -0.39 is 0 Å². The van der Waals surface area contributed by atoms with E-state index in [4.69, 9.17) is 10.4 Å². The summed E-state index contributed by atoms with van der Waals surface area (Å²) >= 11 is 1.63. The minimum absolute atomic E-state index is 0.330. The van der Waals surface area contributed by atoms with Crippen LogP contribution in [0.5, 0.6) is 0 Å². The second kappa shape index (κ2) is 3.42. The summed E-state index contributed by atoms with van der Waals surface area (Å²) in [5.74, 6) is 0. The number of allylic oxidation sites excluding steroid dienone is 1. The Kier molecular flexibility index (Phi) is 2.51. The predicted octanol–water partition coefficient (Wildman–Crippen LogP) is 2.79. The van der Waals surface area contributed by atoms with Gasteiger partial charge in [0, 0.05) is 15.3 Å². The van der Waals surface area contributed by atoms with Gasteiger partial charge in [-0.3, -0.25) is 0 Å². The molecular weight excluding hydrogens is 170 g/mol. The van der Waals surface area contributed by atoms with Crippen LogP contribution >= 0.6 is 11.3 Å². The number of aryl methyl sites for hydroxylation is 2. The largest absolute Gasteiger partial charge is 0.514 e. The fourth-order valence-corrected chi connectivity index (χ4v) is 2.00. The highest BCUT2D eigenvalue weighted by molar-refractivity contribution is 7.12. The van der Waals surface area contributed by atoms with Crippen LogP contribution in [0.15, 0.2) is 12.3 Å². The minimum Gasteiger partial charge on any atom is -0.514 e. The van der Waals surface area contributed by atoms with Crippen LogP contribution in [0.1, 0.15) is 15.3 Å². The molecule has 0 aromatic carbocycles. The standard InChI is InChI=1S/C9H9NOS/c1-6-3-9(7(2)12-6)8(4-10)5-11/h3,5,11H,1-2H3/b8-5+. The van der Waals surface area contributed by atoms with Crippen molar-refractivity contribution >= 4 is 16.9 Å². The van der Waals surface area contributed by atoms with Gasteiger partial charge in [0.15, 0.2) is 0 Å². The summed E-state index contributed by atoms with van der Waals surface area (Å²) < 4.78 is 0. The van der Waals surface area contributed by atoms with Crippen molar-refractivity contribution in [2.45, 2.75) is 13.8 Å². The molecule has 2 nitrogen and oxygen atoms in total. The van der Waals surface area contributed by atoms with Crippen molar-refractivity contribution < 1.29 is 5.11 Å². The smallest absolute Gasteiger partial charge is 0.103 e. The molecule has 1 aromatic rings. The third-order valence-electron chi connectivity index (χ3n) is 1.58. The summed E-state index contributed by atoms with van der Waals surface area (Å²) in [6.45, 7) is 3.92. The van der Waals surface area contributed by atoms with Crippen LogP contribution in [0.25, 0.3) is 5.57 Å². The molecule has 62 valence electrons. The SMILES string of the molecule is Cc1cc(/C(C#N)=C/O)c(C)s1. The fraction of sp³-hybridized carbons (Fsp3) is 0.222. The van der Waals surface area contributed by atoms with E-state index in [0.29, 0.717) is 5.57 Å². The van der Waals surface area contributed by atoms with Gasteiger partial charge >= 0.3 is 0 Å². The van der Waals surface area contributed by atoms with Gasteiger partial charge in [0.05, 0.1) is 11.8 Å². The number of aliphatic hydroxyl groups excluding tert-OH is 1. The Hall–Kier alpha value is -1.27. The van der Waals surface area contributed by atoms with Crippen LogP contribution < -0.4 is 0 Å². The number of nitrogens with zero attached hydrogens (tertiary/aromatic N) is 1. The molecule has 1 rings (SSSR count). The van der Waals surface area contributed by atoms with Gasteiger partial charge in [0.2, 0.25) is 0 Å². The summed E-state index contributed by atoms with van der Waals surface area (Å²) in [6, 6.07) is 3.85. The lowest BCUT2D eigenvalue weighted by atomic mass is 10.1. The molecule has 0 amide bonds. The number of nitriles is 1. The van der Waals surface area contributed by atoms with E-state index in [1.54, 1.807) is 11.3 Å². The van der Waals surface area contributed by atoms with Crippen LogP contribution in [0.3, 0.4) is 0 Å². The van der Waals surface area contributed by atoms with Gasteiger partial charge in [-0.05, 0) is 19.9 Å². The number of hydrogen-bond donors (Lipinski definition) is 1. The van der Waals surface area contributed by atoms with Crippen molar-refractivity contribution in [3.05, 3.63) is 27.6 Å². The van der Waals surface area contributed by atoms with Crippen LogP contribution in [-0.4, -0.2) is 5.11 Å². The first-order valence-electron chi connectivity index (χ1n) is 3.51. The first-order valence-corrected chi connectivity index (χ1v) is 4.32. The molecule has 0 aliphatic heterocycles. The zero-order valence-electron chi connectivity index (χ0n) is 6.96. The Morgan fingerprint density at radius 1 is 1.67 bits per heavy atom. The average molecular weight is 179 g/mol. The highest BCUT2D eigenvalue weighted by Crippen LogP contribution is 2.26. The molecule has 0 aliphatic carbocycles. The quantitative estimate of drug-likeness (QED) is 0.532. The van der Waals surface area contributed by atoms with E-state index in [0.717, 1.165) is 21.6 Å². The van der Waals surface area contributed by atoms with Gasteiger partial charge in [-0.25, -0.2) is 0 Å². The normalized spacial score (nSPS) is 11.2. The van der Waals surface area contributed by atoms with Gasteiger partial charge in [-0.1, -0.05) is 0 Å². The second-order valence-electron chi connectivity index (χ2n) is 2.48. The topological polar surface area (TPSA) is 44.0 Å². The summed E-state index contributed by atoms with van der Waals surface area (Å²) in [6.07, 6.45) is 0.856. The zero-order chi connectivity index (χ0) is 9.14. The van der Waals surface area contributed by atoms with Gasteiger partial charge in [-0.2, -0.15) is 5.26 Å². The van der Waals surface area contributed by atoms with Crippen molar-refractivity contribution in [1.29, 1.82) is 5.26 Å². The van der Waals surface area contributed by atoms with Crippen LogP contribution in [0.4, 0.5) is 0 Å². The Morgan fingerprint density at radius 2 is 2.33 bits per heavy atom. The molecule has 0 spiro atoms. The lowest BCUT2D eigenvalue weighted by Gasteiger charge is -1.92. The monoisotopic (exact) mass is 179 g/mol. The van der Waals surface area contributed by atoms with E-state index in [2.05, 4.69) is 0 Å². The van der Waals surface area contributed by atoms with Gasteiger partial charge in [-0.15, -0.1) is 11.3 Å². The van der Waals surface area contributed by atoms with Gasteiger partial charge < -0.3 is 5.11 Å². The molecule has 0 atom stereocenters. The maximum absolute atomic E-state index is 8.73. The number of aliphatic hydroxyl groups is 1. The molecular formula is C9H9NOS. The zero-order valence-corrected chi connectivity index (χ0v) is 7.77. The van der Waals surface area contributed by atoms with Crippen LogP contribution in [0, 0.1) is 25.2 Å². The number of thiophene rings is 1. The molecule has 3 heteroatoms. The molecule has 0 radical (unpaired) electrons. The fourth-order valence-electron chi connectivity index (χ4n) is 1.06. The Bertz CT molecular complexity index is 357. The molecule has 0 unspecified atom stereocenters. The van der Waals surface area contributed by atoms with Gasteiger partial charge in [0.25, 0.3) is 0 Å². The first-order chi connectivity index (χ1) is 5.69. The maximum Gasteiger partial charge on any atom is 0.103 e. The van der Waals surface area contributed by atoms with Crippen molar-refractivity contribution in [2.75, 3.05) is 0 Å². The number of hydrogen-bond acceptors (Lipinski definition) is 3. The van der Waals surface area contributed by atoms with Crippen LogP contribution in [0.2, 0.25) is 0 Å². The second-order valence-corrected chi connectivity index (χ2v) is 3.94. The molecule has 0 saturated carbocycles. The summed E-state index contributed by atoms with van der Waals surface area (Å²) in [7, 11) is 0. The Balaban J connectivity index is 3.20. The Morgan fingerprint density at radius 3 is 2.67 bits per heavy atom. The third-order valence-corrected chi connectivity index (χ3v) is 2.55. The maximum atomic E-state index is 8.73. The van der Waals surface area contributed by atoms with E-state index >= 15 is 0 Å². The molecule has 1 aromatic heterocycles. The Labute approximate surface area is 75.4 Å². The minimum atomic E-state index is 0.330. The first kappa shape index (κ1) is 8.82. The molecule has 1 N–H and O–H groups in total. The van der Waals surface area contributed by atoms with Crippen molar-refractivity contribution in [2.24, 2.45) is 0 Å². The highest BCUT2D eigenvalue weighted by atomic mass is 32.1. The lowest BCUT2D eigenvalue weighted by molar-refractivity contribution is 0.476. The van der Waals surface area contributed by atoms with Crippen molar-refractivity contribution in [1.82, 2.24) is 0 Å². The van der Waals surface area contributed by atoms with Crippen LogP contribution in [-0.2, 0) is 0 Å². The summed E-state index contributed by atoms with van der Waals surface area (Å²) in [4.78, 5) is 2.21. The lowest BCUT2D eigenvalue weighted by Crippen LogP contribution is -1.79. The van der Waals surface area contributed by atoms with Crippen molar-refractivity contribution in [3.63, 3.8) is 0 Å². The molecule has 0 saturated heterocycles. The van der Waals surface area contributed by atoms with E-state index in [-0.39, 0.29) is 0 Å².